The van der Waals surface area contributed by atoms with E-state index in [1.165, 1.54) is 0 Å². The topological polar surface area (TPSA) is 79.2 Å². The van der Waals surface area contributed by atoms with Crippen LogP contribution in [-0.2, 0) is 11.3 Å². The number of carbonyl (C=O) groups is 1. The second-order valence-corrected chi connectivity index (χ2v) is 4.68. The molecule has 1 saturated heterocycles. The Hall–Kier alpha value is -2.18. The summed E-state index contributed by atoms with van der Waals surface area (Å²) >= 11 is 0. The number of hydrazine groups is 1. The van der Waals surface area contributed by atoms with Crippen LogP contribution in [0.25, 0.3) is 0 Å². The molecule has 3 rings (SSSR count). The summed E-state index contributed by atoms with van der Waals surface area (Å²) in [4.78, 5) is 16.2. The molecule has 2 aromatic rings. The Morgan fingerprint density at radius 2 is 2.30 bits per heavy atom. The van der Waals surface area contributed by atoms with Crippen LogP contribution in [0.15, 0.2) is 47.2 Å². The quantitative estimate of drug-likeness (QED) is 0.770. The molecule has 0 aliphatic carbocycles. The number of hydrogen-bond acceptors (Lipinski definition) is 5. The van der Waals surface area contributed by atoms with E-state index < -0.39 is 0 Å². The summed E-state index contributed by atoms with van der Waals surface area (Å²) in [6.45, 7) is 0.434. The summed E-state index contributed by atoms with van der Waals surface area (Å²) in [7, 11) is 0. The van der Waals surface area contributed by atoms with Gasteiger partial charge in [0.05, 0.1) is 24.5 Å². The lowest BCUT2D eigenvalue weighted by molar-refractivity contribution is -0.123. The summed E-state index contributed by atoms with van der Waals surface area (Å²) in [6.07, 6.45) is 4.00. The summed E-state index contributed by atoms with van der Waals surface area (Å²) in [6, 6.07) is 9.12. The predicted octanol–water partition coefficient (Wildman–Crippen LogP) is 0.899. The fraction of sp³-hybridized carbons (Fsp3) is 0.286. The molecule has 2 aromatic heterocycles. The van der Waals surface area contributed by atoms with Gasteiger partial charge in [-0.25, -0.2) is 10.9 Å². The average molecular weight is 272 g/mol. The maximum Gasteiger partial charge on any atom is 0.238 e. The number of aromatic nitrogens is 1. The Labute approximate surface area is 116 Å². The molecule has 3 N–H and O–H groups in total. The molecular weight excluding hydrogens is 256 g/mol. The SMILES string of the molecule is O=C(NCc1ccccn1)C1CC(c2ccco2)NN1. The molecule has 6 nitrogen and oxygen atoms in total. The molecule has 20 heavy (non-hydrogen) atoms. The fourth-order valence-corrected chi connectivity index (χ4v) is 2.21. The van der Waals surface area contributed by atoms with Crippen LogP contribution in [0.3, 0.4) is 0 Å². The number of rotatable bonds is 4. The molecule has 2 atom stereocenters. The summed E-state index contributed by atoms with van der Waals surface area (Å²) in [5, 5.41) is 2.87. The second kappa shape index (κ2) is 5.85. The third-order valence-electron chi connectivity index (χ3n) is 3.28. The van der Waals surface area contributed by atoms with Gasteiger partial charge in [0.25, 0.3) is 0 Å². The van der Waals surface area contributed by atoms with Gasteiger partial charge in [-0.2, -0.15) is 0 Å². The molecule has 3 heterocycles. The molecular formula is C14H16N4O2. The molecule has 2 unspecified atom stereocenters. The molecule has 104 valence electrons. The van der Waals surface area contributed by atoms with Gasteiger partial charge in [-0.05, 0) is 30.7 Å². The van der Waals surface area contributed by atoms with Gasteiger partial charge in [-0.1, -0.05) is 6.07 Å². The van der Waals surface area contributed by atoms with Gasteiger partial charge < -0.3 is 9.73 Å². The summed E-state index contributed by atoms with van der Waals surface area (Å²) in [5.41, 5.74) is 6.90. The first kappa shape index (κ1) is 12.8. The van der Waals surface area contributed by atoms with E-state index in [0.29, 0.717) is 13.0 Å². The zero-order valence-corrected chi connectivity index (χ0v) is 10.9. The first-order chi connectivity index (χ1) is 9.83. The van der Waals surface area contributed by atoms with Crippen molar-refractivity contribution in [3.8, 4) is 0 Å². The van der Waals surface area contributed by atoms with E-state index in [0.717, 1.165) is 11.5 Å². The zero-order valence-electron chi connectivity index (χ0n) is 10.9. The second-order valence-electron chi connectivity index (χ2n) is 4.68. The van der Waals surface area contributed by atoms with E-state index >= 15 is 0 Å². The van der Waals surface area contributed by atoms with Crippen molar-refractivity contribution in [1.29, 1.82) is 0 Å². The maximum absolute atomic E-state index is 12.1. The van der Waals surface area contributed by atoms with Gasteiger partial charge in [0.1, 0.15) is 11.8 Å². The number of amides is 1. The molecule has 0 aromatic carbocycles. The van der Waals surface area contributed by atoms with E-state index in [4.69, 9.17) is 4.42 Å². The number of furan rings is 1. The zero-order chi connectivity index (χ0) is 13.8. The summed E-state index contributed by atoms with van der Waals surface area (Å²) < 4.78 is 5.33. The lowest BCUT2D eigenvalue weighted by Crippen LogP contribution is -2.42. The molecule has 0 radical (unpaired) electrons. The van der Waals surface area contributed by atoms with Crippen LogP contribution < -0.4 is 16.2 Å². The van der Waals surface area contributed by atoms with E-state index in [1.807, 2.05) is 30.3 Å². The van der Waals surface area contributed by atoms with Crippen LogP contribution in [0.5, 0.6) is 0 Å². The highest BCUT2D eigenvalue weighted by Crippen LogP contribution is 2.22. The third-order valence-corrected chi connectivity index (χ3v) is 3.28. The van der Waals surface area contributed by atoms with Crippen LogP contribution in [-0.4, -0.2) is 16.9 Å². The molecule has 0 spiro atoms. The number of nitrogens with zero attached hydrogens (tertiary/aromatic N) is 1. The van der Waals surface area contributed by atoms with E-state index in [9.17, 15) is 4.79 Å². The first-order valence-electron chi connectivity index (χ1n) is 6.55. The Kier molecular flexibility index (Phi) is 3.76. The monoisotopic (exact) mass is 272 g/mol. The average Bonchev–Trinajstić information content (AvgIpc) is 3.16. The van der Waals surface area contributed by atoms with E-state index in [2.05, 4.69) is 21.2 Å². The number of nitrogens with one attached hydrogen (secondary N) is 3. The maximum atomic E-state index is 12.1. The summed E-state index contributed by atoms with van der Waals surface area (Å²) in [5.74, 6) is 0.787. The highest BCUT2D eigenvalue weighted by Gasteiger charge is 2.31. The molecule has 6 heteroatoms. The van der Waals surface area contributed by atoms with Gasteiger partial charge in [-0.3, -0.25) is 9.78 Å². The first-order valence-corrected chi connectivity index (χ1v) is 6.55. The largest absolute Gasteiger partial charge is 0.468 e. The van der Waals surface area contributed by atoms with Crippen molar-refractivity contribution in [3.05, 3.63) is 54.2 Å². The predicted molar refractivity (Wildman–Crippen MR) is 72.2 cm³/mol. The van der Waals surface area contributed by atoms with E-state index in [-0.39, 0.29) is 18.0 Å². The number of carbonyl (C=O) groups excluding carboxylic acids is 1. The number of hydrogen-bond donors (Lipinski definition) is 3. The Morgan fingerprint density at radius 3 is 3.05 bits per heavy atom. The third kappa shape index (κ3) is 2.87. The Balaban J connectivity index is 1.51. The number of pyridine rings is 1. The van der Waals surface area contributed by atoms with Gasteiger partial charge >= 0.3 is 0 Å². The molecule has 0 saturated carbocycles. The molecule has 1 amide bonds. The van der Waals surface area contributed by atoms with Crippen LogP contribution in [0, 0.1) is 0 Å². The van der Waals surface area contributed by atoms with Gasteiger partial charge in [0, 0.05) is 6.20 Å². The van der Waals surface area contributed by atoms with Crippen molar-refractivity contribution in [3.63, 3.8) is 0 Å². The van der Waals surface area contributed by atoms with Crippen molar-refractivity contribution in [2.24, 2.45) is 0 Å². The van der Waals surface area contributed by atoms with Crippen molar-refractivity contribution in [2.45, 2.75) is 25.0 Å². The Bertz CT molecular complexity index is 556. The van der Waals surface area contributed by atoms with Crippen molar-refractivity contribution in [1.82, 2.24) is 21.2 Å². The minimum atomic E-state index is -0.270. The molecule has 1 aliphatic rings. The smallest absolute Gasteiger partial charge is 0.238 e. The van der Waals surface area contributed by atoms with Crippen LogP contribution in [0.2, 0.25) is 0 Å². The molecule has 1 fully saturated rings. The van der Waals surface area contributed by atoms with Gasteiger partial charge in [0.15, 0.2) is 0 Å². The Morgan fingerprint density at radius 1 is 1.35 bits per heavy atom. The molecule has 1 aliphatic heterocycles. The van der Waals surface area contributed by atoms with E-state index in [1.54, 1.807) is 12.5 Å². The lowest BCUT2D eigenvalue weighted by Gasteiger charge is -2.09. The van der Waals surface area contributed by atoms with Crippen LogP contribution in [0.1, 0.15) is 23.9 Å². The van der Waals surface area contributed by atoms with Gasteiger partial charge in [-0.15, -0.1) is 0 Å². The minimum absolute atomic E-state index is 0.0237. The van der Waals surface area contributed by atoms with Crippen LogP contribution >= 0.6 is 0 Å². The van der Waals surface area contributed by atoms with Crippen molar-refractivity contribution in [2.75, 3.05) is 0 Å². The van der Waals surface area contributed by atoms with Crippen molar-refractivity contribution < 1.29 is 9.21 Å². The van der Waals surface area contributed by atoms with Crippen LogP contribution in [0.4, 0.5) is 0 Å². The highest BCUT2D eigenvalue weighted by atomic mass is 16.3. The van der Waals surface area contributed by atoms with Gasteiger partial charge in [0.2, 0.25) is 5.91 Å². The minimum Gasteiger partial charge on any atom is -0.468 e. The molecule has 0 bridgehead atoms. The van der Waals surface area contributed by atoms with Crippen molar-refractivity contribution >= 4 is 5.91 Å². The fourth-order valence-electron chi connectivity index (χ4n) is 2.21. The lowest BCUT2D eigenvalue weighted by atomic mass is 10.1. The highest BCUT2D eigenvalue weighted by molar-refractivity contribution is 5.82. The normalized spacial score (nSPS) is 21.8. The standard InChI is InChI=1S/C14H16N4O2/c19-14(16-9-10-4-1-2-6-15-10)12-8-11(17-18-12)13-5-3-7-20-13/h1-7,11-12,17-18H,8-9H2,(H,16,19).